The van der Waals surface area contributed by atoms with Crippen LogP contribution in [0.25, 0.3) is 0 Å². The zero-order valence-corrected chi connectivity index (χ0v) is 15.4. The smallest absolute Gasteiger partial charge is 0.258 e. The lowest BCUT2D eigenvalue weighted by molar-refractivity contribution is -0.124. The molecule has 1 aromatic carbocycles. The van der Waals surface area contributed by atoms with E-state index in [0.29, 0.717) is 18.8 Å². The molecule has 8 heteroatoms. The molecule has 0 aromatic heterocycles. The number of amides is 1. The second-order valence-corrected chi connectivity index (χ2v) is 7.33. The van der Waals surface area contributed by atoms with Gasteiger partial charge in [-0.1, -0.05) is 6.92 Å². The van der Waals surface area contributed by atoms with Gasteiger partial charge in [-0.15, -0.1) is 0 Å². The fourth-order valence-corrected chi connectivity index (χ4v) is 3.22. The third-order valence-corrected chi connectivity index (χ3v) is 4.90. The van der Waals surface area contributed by atoms with Crippen molar-refractivity contribution in [3.8, 4) is 5.75 Å². The van der Waals surface area contributed by atoms with Gasteiger partial charge in [0, 0.05) is 19.2 Å². The Labute approximate surface area is 143 Å². The summed E-state index contributed by atoms with van der Waals surface area (Å²) in [5.74, 6) is 0.154. The van der Waals surface area contributed by atoms with Crippen LogP contribution in [0.3, 0.4) is 0 Å². The maximum absolute atomic E-state index is 12.1. The molecule has 0 aliphatic rings. The van der Waals surface area contributed by atoms with E-state index in [4.69, 9.17) is 9.47 Å². The van der Waals surface area contributed by atoms with Crippen molar-refractivity contribution in [1.82, 2.24) is 10.0 Å². The summed E-state index contributed by atoms with van der Waals surface area (Å²) < 4.78 is 37.1. The zero-order valence-electron chi connectivity index (χ0n) is 14.5. The Morgan fingerprint density at radius 1 is 1.17 bits per heavy atom. The van der Waals surface area contributed by atoms with E-state index < -0.39 is 10.0 Å². The highest BCUT2D eigenvalue weighted by atomic mass is 32.2. The number of nitrogens with one attached hydrogen (secondary N) is 2. The Morgan fingerprint density at radius 2 is 1.79 bits per heavy atom. The largest absolute Gasteiger partial charge is 0.484 e. The van der Waals surface area contributed by atoms with Crippen molar-refractivity contribution in [1.29, 1.82) is 0 Å². The lowest BCUT2D eigenvalue weighted by Gasteiger charge is -2.14. The molecule has 0 saturated carbocycles. The third-order valence-electron chi connectivity index (χ3n) is 3.30. The first-order valence-electron chi connectivity index (χ1n) is 7.82. The van der Waals surface area contributed by atoms with Gasteiger partial charge in [-0.3, -0.25) is 4.79 Å². The zero-order chi connectivity index (χ0) is 18.2. The van der Waals surface area contributed by atoms with Gasteiger partial charge in [0.1, 0.15) is 5.75 Å². The SMILES string of the molecule is CC[C@H](C)NS(=O)(=O)c1ccc(OCC(=O)N[C@@H](C)COC)cc1. The average molecular weight is 358 g/mol. The van der Waals surface area contributed by atoms with Crippen molar-refractivity contribution >= 4 is 15.9 Å². The molecular weight excluding hydrogens is 332 g/mol. The molecule has 0 aliphatic carbocycles. The van der Waals surface area contributed by atoms with Crippen LogP contribution in [0.1, 0.15) is 27.2 Å². The minimum atomic E-state index is -3.54. The van der Waals surface area contributed by atoms with Crippen molar-refractivity contribution < 1.29 is 22.7 Å². The van der Waals surface area contributed by atoms with Crippen molar-refractivity contribution in [2.75, 3.05) is 20.3 Å². The Morgan fingerprint density at radius 3 is 2.33 bits per heavy atom. The number of carbonyl (C=O) groups is 1. The molecule has 1 rings (SSSR count). The number of rotatable bonds is 10. The van der Waals surface area contributed by atoms with Gasteiger partial charge in [0.15, 0.2) is 6.61 Å². The van der Waals surface area contributed by atoms with Crippen molar-refractivity contribution in [2.24, 2.45) is 0 Å². The summed E-state index contributed by atoms with van der Waals surface area (Å²) >= 11 is 0. The van der Waals surface area contributed by atoms with E-state index in [1.807, 2.05) is 13.8 Å². The molecule has 7 nitrogen and oxygen atoms in total. The molecule has 1 aromatic rings. The van der Waals surface area contributed by atoms with E-state index in [2.05, 4.69) is 10.0 Å². The second kappa shape index (κ2) is 9.61. The predicted molar refractivity (Wildman–Crippen MR) is 91.5 cm³/mol. The van der Waals surface area contributed by atoms with Gasteiger partial charge < -0.3 is 14.8 Å². The fourth-order valence-electron chi connectivity index (χ4n) is 1.89. The number of hydrogen-bond acceptors (Lipinski definition) is 5. The molecule has 0 aliphatic heterocycles. The van der Waals surface area contributed by atoms with Crippen LogP contribution in [-0.4, -0.2) is 46.7 Å². The molecule has 0 bridgehead atoms. The van der Waals surface area contributed by atoms with Crippen LogP contribution >= 0.6 is 0 Å². The minimum absolute atomic E-state index is 0.106. The molecule has 24 heavy (non-hydrogen) atoms. The van der Waals surface area contributed by atoms with Gasteiger partial charge in [0.2, 0.25) is 10.0 Å². The van der Waals surface area contributed by atoms with Gasteiger partial charge in [-0.05, 0) is 44.5 Å². The van der Waals surface area contributed by atoms with Crippen LogP contribution in [0, 0.1) is 0 Å². The Bertz CT molecular complexity index is 616. The molecule has 1 amide bonds. The summed E-state index contributed by atoms with van der Waals surface area (Å²) in [6, 6.07) is 5.71. The summed E-state index contributed by atoms with van der Waals surface area (Å²) in [6.45, 7) is 5.80. The van der Waals surface area contributed by atoms with Gasteiger partial charge in [-0.2, -0.15) is 0 Å². The summed E-state index contributed by atoms with van der Waals surface area (Å²) in [6.07, 6.45) is 0.705. The highest BCUT2D eigenvalue weighted by molar-refractivity contribution is 7.89. The normalized spacial score (nSPS) is 14.0. The summed E-state index contributed by atoms with van der Waals surface area (Å²) in [5.41, 5.74) is 0. The molecule has 0 fully saturated rings. The van der Waals surface area contributed by atoms with Gasteiger partial charge >= 0.3 is 0 Å². The van der Waals surface area contributed by atoms with E-state index in [-0.39, 0.29) is 29.5 Å². The Balaban J connectivity index is 2.57. The van der Waals surface area contributed by atoms with Gasteiger partial charge in [0.05, 0.1) is 11.5 Å². The van der Waals surface area contributed by atoms with E-state index in [1.165, 1.54) is 24.3 Å². The van der Waals surface area contributed by atoms with E-state index in [1.54, 1.807) is 14.0 Å². The summed E-state index contributed by atoms with van der Waals surface area (Å²) in [5, 5.41) is 2.72. The lowest BCUT2D eigenvalue weighted by Crippen LogP contribution is -2.38. The van der Waals surface area contributed by atoms with Crippen LogP contribution in [0.5, 0.6) is 5.75 Å². The van der Waals surface area contributed by atoms with Crippen molar-refractivity contribution in [3.05, 3.63) is 24.3 Å². The van der Waals surface area contributed by atoms with Crippen molar-refractivity contribution in [3.63, 3.8) is 0 Å². The summed E-state index contributed by atoms with van der Waals surface area (Å²) in [7, 11) is -1.98. The molecule has 0 radical (unpaired) electrons. The first-order valence-corrected chi connectivity index (χ1v) is 9.30. The van der Waals surface area contributed by atoms with E-state index >= 15 is 0 Å². The molecule has 0 unspecified atom stereocenters. The molecular formula is C16H26N2O5S. The van der Waals surface area contributed by atoms with Gasteiger partial charge in [-0.25, -0.2) is 13.1 Å². The van der Waals surface area contributed by atoms with Crippen LogP contribution < -0.4 is 14.8 Å². The van der Waals surface area contributed by atoms with Crippen LogP contribution in [-0.2, 0) is 19.6 Å². The quantitative estimate of drug-likeness (QED) is 0.657. The molecule has 0 saturated heterocycles. The van der Waals surface area contributed by atoms with E-state index in [9.17, 15) is 13.2 Å². The average Bonchev–Trinajstić information content (AvgIpc) is 2.53. The maximum Gasteiger partial charge on any atom is 0.258 e. The maximum atomic E-state index is 12.1. The van der Waals surface area contributed by atoms with Crippen molar-refractivity contribution in [2.45, 2.75) is 44.2 Å². The van der Waals surface area contributed by atoms with Gasteiger partial charge in [0.25, 0.3) is 5.91 Å². The first kappa shape index (κ1) is 20.4. The fraction of sp³-hybridized carbons (Fsp3) is 0.562. The van der Waals surface area contributed by atoms with Crippen LogP contribution in [0.15, 0.2) is 29.2 Å². The topological polar surface area (TPSA) is 93.7 Å². The highest BCUT2D eigenvalue weighted by Gasteiger charge is 2.16. The Kier molecular flexibility index (Phi) is 8.17. The highest BCUT2D eigenvalue weighted by Crippen LogP contribution is 2.16. The molecule has 2 atom stereocenters. The number of hydrogen-bond donors (Lipinski definition) is 2. The number of carbonyl (C=O) groups excluding carboxylic acids is 1. The number of ether oxygens (including phenoxy) is 2. The molecule has 2 N–H and O–H groups in total. The molecule has 136 valence electrons. The first-order chi connectivity index (χ1) is 11.3. The third kappa shape index (κ3) is 6.86. The monoisotopic (exact) mass is 358 g/mol. The standard InChI is InChI=1S/C16H26N2O5S/c1-5-12(2)18-24(20,21)15-8-6-14(7-9-15)23-11-16(19)17-13(3)10-22-4/h6-9,12-13,18H,5,10-11H2,1-4H3,(H,17,19)/t12-,13-/m0/s1. The second-order valence-electron chi connectivity index (χ2n) is 5.61. The predicted octanol–water partition coefficient (Wildman–Crippen LogP) is 1.29. The summed E-state index contributed by atoms with van der Waals surface area (Å²) in [4.78, 5) is 11.8. The number of benzene rings is 1. The Hall–Kier alpha value is -1.64. The lowest BCUT2D eigenvalue weighted by atomic mass is 10.3. The molecule has 0 heterocycles. The number of methoxy groups -OCH3 is 1. The number of sulfonamides is 1. The molecule has 0 spiro atoms. The van der Waals surface area contributed by atoms with E-state index in [0.717, 1.165) is 0 Å². The minimum Gasteiger partial charge on any atom is -0.484 e. The van der Waals surface area contributed by atoms with Crippen LogP contribution in [0.2, 0.25) is 0 Å². The van der Waals surface area contributed by atoms with Crippen LogP contribution in [0.4, 0.5) is 0 Å².